The van der Waals surface area contributed by atoms with E-state index in [1.807, 2.05) is 0 Å². The molecule has 0 amide bonds. The van der Waals surface area contributed by atoms with Crippen LogP contribution in [0.3, 0.4) is 0 Å². The molecular weight excluding hydrogens is 218 g/mol. The summed E-state index contributed by atoms with van der Waals surface area (Å²) < 4.78 is 51.4. The largest absolute Gasteiger partial charge is 0.574 e. The SMILES string of the molecule is Cc1c(O)cnc(OC(F)(F)F)c1CF. The van der Waals surface area contributed by atoms with Gasteiger partial charge in [0.25, 0.3) is 0 Å². The van der Waals surface area contributed by atoms with Crippen LogP contribution in [0.4, 0.5) is 17.6 Å². The predicted octanol–water partition coefficient (Wildman–Crippen LogP) is 2.46. The Balaban J connectivity index is 3.14. The van der Waals surface area contributed by atoms with Gasteiger partial charge in [-0.1, -0.05) is 0 Å². The maximum atomic E-state index is 12.4. The lowest BCUT2D eigenvalue weighted by Crippen LogP contribution is -2.19. The molecule has 15 heavy (non-hydrogen) atoms. The van der Waals surface area contributed by atoms with Gasteiger partial charge in [0.1, 0.15) is 12.4 Å². The van der Waals surface area contributed by atoms with Gasteiger partial charge in [-0.2, -0.15) is 0 Å². The molecule has 7 heteroatoms. The van der Waals surface area contributed by atoms with Gasteiger partial charge in [0, 0.05) is 5.56 Å². The van der Waals surface area contributed by atoms with Crippen LogP contribution in [0.25, 0.3) is 0 Å². The van der Waals surface area contributed by atoms with Crippen LogP contribution in [0.5, 0.6) is 11.6 Å². The summed E-state index contributed by atoms with van der Waals surface area (Å²) in [5, 5.41) is 9.09. The first kappa shape index (κ1) is 11.5. The number of hydrogen-bond donors (Lipinski definition) is 1. The fraction of sp³-hybridized carbons (Fsp3) is 0.375. The molecule has 0 saturated carbocycles. The fourth-order valence-electron chi connectivity index (χ4n) is 0.964. The summed E-state index contributed by atoms with van der Waals surface area (Å²) in [5.74, 6) is -1.25. The zero-order valence-corrected chi connectivity index (χ0v) is 7.60. The van der Waals surface area contributed by atoms with E-state index in [9.17, 15) is 17.6 Å². The number of halogens is 4. The molecule has 0 aromatic carbocycles. The van der Waals surface area contributed by atoms with E-state index >= 15 is 0 Å². The van der Waals surface area contributed by atoms with E-state index in [0.29, 0.717) is 0 Å². The molecular formula is C8H7F4NO2. The van der Waals surface area contributed by atoms with Crippen molar-refractivity contribution >= 4 is 0 Å². The summed E-state index contributed by atoms with van der Waals surface area (Å²) >= 11 is 0. The molecule has 1 N–H and O–H groups in total. The van der Waals surface area contributed by atoms with Crippen LogP contribution in [0.1, 0.15) is 11.1 Å². The van der Waals surface area contributed by atoms with Crippen molar-refractivity contribution in [2.24, 2.45) is 0 Å². The third-order valence-corrected chi connectivity index (χ3v) is 1.75. The van der Waals surface area contributed by atoms with E-state index in [-0.39, 0.29) is 11.3 Å². The van der Waals surface area contributed by atoms with Crippen molar-refractivity contribution in [2.45, 2.75) is 20.0 Å². The molecule has 1 aromatic heterocycles. The number of hydrogen-bond acceptors (Lipinski definition) is 3. The van der Waals surface area contributed by atoms with E-state index in [4.69, 9.17) is 5.11 Å². The van der Waals surface area contributed by atoms with Crippen LogP contribution in [-0.4, -0.2) is 16.5 Å². The molecule has 0 bridgehead atoms. The Morgan fingerprint density at radius 3 is 2.53 bits per heavy atom. The van der Waals surface area contributed by atoms with Crippen LogP contribution in [0.15, 0.2) is 6.20 Å². The Bertz CT molecular complexity index is 364. The maximum Gasteiger partial charge on any atom is 0.574 e. The average molecular weight is 225 g/mol. The molecule has 0 aliphatic rings. The van der Waals surface area contributed by atoms with Crippen molar-refractivity contribution in [1.82, 2.24) is 4.98 Å². The van der Waals surface area contributed by atoms with Gasteiger partial charge in [-0.25, -0.2) is 9.37 Å². The molecule has 84 valence electrons. The van der Waals surface area contributed by atoms with Crippen molar-refractivity contribution in [1.29, 1.82) is 0 Å². The van der Waals surface area contributed by atoms with Crippen molar-refractivity contribution < 1.29 is 27.4 Å². The normalized spacial score (nSPS) is 11.5. The minimum atomic E-state index is -4.93. The molecule has 0 fully saturated rings. The monoisotopic (exact) mass is 225 g/mol. The predicted molar refractivity (Wildman–Crippen MR) is 42.1 cm³/mol. The number of alkyl halides is 4. The first-order valence-electron chi connectivity index (χ1n) is 3.84. The second-order valence-corrected chi connectivity index (χ2v) is 2.73. The van der Waals surface area contributed by atoms with Gasteiger partial charge in [-0.3, -0.25) is 0 Å². The van der Waals surface area contributed by atoms with E-state index in [2.05, 4.69) is 9.72 Å². The van der Waals surface area contributed by atoms with Gasteiger partial charge >= 0.3 is 6.36 Å². The van der Waals surface area contributed by atoms with E-state index in [1.165, 1.54) is 6.92 Å². The van der Waals surface area contributed by atoms with Gasteiger partial charge in [0.15, 0.2) is 0 Å². The van der Waals surface area contributed by atoms with Gasteiger partial charge in [0.2, 0.25) is 5.88 Å². The highest BCUT2D eigenvalue weighted by Crippen LogP contribution is 2.30. The lowest BCUT2D eigenvalue weighted by molar-refractivity contribution is -0.276. The zero-order chi connectivity index (χ0) is 11.6. The number of rotatable bonds is 2. The summed E-state index contributed by atoms with van der Waals surface area (Å²) in [4.78, 5) is 3.16. The lowest BCUT2D eigenvalue weighted by Gasteiger charge is -2.12. The van der Waals surface area contributed by atoms with E-state index < -0.39 is 24.5 Å². The van der Waals surface area contributed by atoms with Crippen LogP contribution >= 0.6 is 0 Å². The second kappa shape index (κ2) is 3.92. The molecule has 0 aliphatic heterocycles. The van der Waals surface area contributed by atoms with Crippen molar-refractivity contribution in [3.8, 4) is 11.6 Å². The number of nitrogens with zero attached hydrogens (tertiary/aromatic N) is 1. The molecule has 3 nitrogen and oxygen atoms in total. The van der Waals surface area contributed by atoms with Crippen molar-refractivity contribution in [2.75, 3.05) is 0 Å². The molecule has 1 rings (SSSR count). The van der Waals surface area contributed by atoms with E-state index in [0.717, 1.165) is 6.20 Å². The highest BCUT2D eigenvalue weighted by atomic mass is 19.4. The van der Waals surface area contributed by atoms with E-state index in [1.54, 1.807) is 0 Å². The van der Waals surface area contributed by atoms with Crippen molar-refractivity contribution in [3.63, 3.8) is 0 Å². The van der Waals surface area contributed by atoms with Crippen LogP contribution < -0.4 is 4.74 Å². The smallest absolute Gasteiger partial charge is 0.506 e. The van der Waals surface area contributed by atoms with Crippen LogP contribution in [-0.2, 0) is 6.67 Å². The summed E-state index contributed by atoms with van der Waals surface area (Å²) in [6, 6.07) is 0. The third-order valence-electron chi connectivity index (χ3n) is 1.75. The average Bonchev–Trinajstić information content (AvgIpc) is 2.10. The minimum Gasteiger partial charge on any atom is -0.506 e. The summed E-state index contributed by atoms with van der Waals surface area (Å²) in [6.45, 7) is 0.0772. The molecule has 0 spiro atoms. The van der Waals surface area contributed by atoms with Crippen LogP contribution in [0, 0.1) is 6.92 Å². The quantitative estimate of drug-likeness (QED) is 0.786. The Hall–Kier alpha value is -1.53. The minimum absolute atomic E-state index is 0.0215. The Labute approximate surface area is 82.3 Å². The first-order valence-corrected chi connectivity index (χ1v) is 3.84. The molecule has 1 heterocycles. The second-order valence-electron chi connectivity index (χ2n) is 2.73. The third kappa shape index (κ3) is 2.71. The molecule has 0 aliphatic carbocycles. The number of aromatic hydroxyl groups is 1. The van der Waals surface area contributed by atoms with Gasteiger partial charge < -0.3 is 9.84 Å². The highest BCUT2D eigenvalue weighted by molar-refractivity contribution is 5.41. The standard InChI is InChI=1S/C8H7F4NO2/c1-4-5(2-9)7(13-3-6(4)14)15-8(10,11)12/h3,14H,2H2,1H3. The lowest BCUT2D eigenvalue weighted by atomic mass is 10.1. The molecule has 0 saturated heterocycles. The Kier molecular flexibility index (Phi) is 3.01. The number of aromatic nitrogens is 1. The molecule has 0 unspecified atom stereocenters. The van der Waals surface area contributed by atoms with Gasteiger partial charge in [-0.15, -0.1) is 13.2 Å². The molecule has 0 radical (unpaired) electrons. The highest BCUT2D eigenvalue weighted by Gasteiger charge is 2.33. The first-order chi connectivity index (χ1) is 6.85. The summed E-state index contributed by atoms with van der Waals surface area (Å²) in [6.07, 6.45) is -4.16. The van der Waals surface area contributed by atoms with Gasteiger partial charge in [0.05, 0.1) is 11.8 Å². The zero-order valence-electron chi connectivity index (χ0n) is 7.60. The molecule has 0 atom stereocenters. The molecule has 1 aromatic rings. The fourth-order valence-corrected chi connectivity index (χ4v) is 0.964. The number of pyridine rings is 1. The Morgan fingerprint density at radius 2 is 2.07 bits per heavy atom. The maximum absolute atomic E-state index is 12.4. The van der Waals surface area contributed by atoms with Gasteiger partial charge in [-0.05, 0) is 6.92 Å². The topological polar surface area (TPSA) is 42.4 Å². The number of ether oxygens (including phenoxy) is 1. The Morgan fingerprint density at radius 1 is 1.47 bits per heavy atom. The van der Waals surface area contributed by atoms with Crippen LogP contribution in [0.2, 0.25) is 0 Å². The summed E-state index contributed by atoms with van der Waals surface area (Å²) in [7, 11) is 0. The van der Waals surface area contributed by atoms with Crippen molar-refractivity contribution in [3.05, 3.63) is 17.3 Å². The summed E-state index contributed by atoms with van der Waals surface area (Å²) in [5.41, 5.74) is -0.431.